The Bertz CT molecular complexity index is 609. The fraction of sp³-hybridized carbons (Fsp3) is 0.500. The Kier molecular flexibility index (Phi) is 4.48. The van der Waals surface area contributed by atoms with Crippen LogP contribution in [0.5, 0.6) is 0 Å². The molecule has 1 N–H and O–H groups in total. The third kappa shape index (κ3) is 4.17. The average molecular weight is 311 g/mol. The van der Waals surface area contributed by atoms with Crippen LogP contribution in [0.15, 0.2) is 11.1 Å². The van der Waals surface area contributed by atoms with Gasteiger partial charge >= 0.3 is 5.82 Å². The van der Waals surface area contributed by atoms with E-state index in [0.29, 0.717) is 0 Å². The highest BCUT2D eigenvalue weighted by Gasteiger charge is 2.30. The van der Waals surface area contributed by atoms with E-state index in [4.69, 9.17) is 10.7 Å². The lowest BCUT2D eigenvalue weighted by molar-refractivity contribution is -0.392. The van der Waals surface area contributed by atoms with Crippen molar-refractivity contribution in [3.05, 3.63) is 16.3 Å². The van der Waals surface area contributed by atoms with Crippen molar-refractivity contribution in [2.45, 2.75) is 31.3 Å². The van der Waals surface area contributed by atoms with Crippen LogP contribution >= 0.6 is 10.7 Å². The van der Waals surface area contributed by atoms with Gasteiger partial charge in [-0.05, 0) is 18.8 Å². The zero-order valence-electron chi connectivity index (χ0n) is 10.0. The van der Waals surface area contributed by atoms with Crippen LogP contribution in [-0.2, 0) is 20.4 Å². The largest absolute Gasteiger partial charge is 0.410 e. The monoisotopic (exact) mass is 310 g/mol. The van der Waals surface area contributed by atoms with Gasteiger partial charge in [-0.15, -0.1) is 0 Å². The van der Waals surface area contributed by atoms with Gasteiger partial charge in [0.15, 0.2) is 0 Å². The van der Waals surface area contributed by atoms with Crippen LogP contribution < -0.4 is 5.32 Å². The lowest BCUT2D eigenvalue weighted by atomic mass is 10.4. The van der Waals surface area contributed by atoms with Crippen molar-refractivity contribution in [1.82, 2.24) is 15.1 Å². The van der Waals surface area contributed by atoms with Gasteiger partial charge in [-0.1, -0.05) is 0 Å². The number of rotatable bonds is 5. The number of nitrogens with one attached hydrogen (secondary N) is 1. The van der Waals surface area contributed by atoms with Gasteiger partial charge in [-0.2, -0.15) is 4.68 Å². The van der Waals surface area contributed by atoms with E-state index < -0.39 is 30.6 Å². The van der Waals surface area contributed by atoms with Crippen LogP contribution in [0.3, 0.4) is 0 Å². The van der Waals surface area contributed by atoms with E-state index in [1.165, 1.54) is 0 Å². The second-order valence-corrected chi connectivity index (χ2v) is 6.47. The summed E-state index contributed by atoms with van der Waals surface area (Å²) in [4.78, 5) is 20.4. The first-order valence-corrected chi connectivity index (χ1v) is 7.38. The molecule has 1 aromatic rings. The summed E-state index contributed by atoms with van der Waals surface area (Å²) in [5, 5.41) is 16.6. The number of carbonyl (C=O) groups is 1. The Morgan fingerprint density at radius 3 is 2.58 bits per heavy atom. The fourth-order valence-electron chi connectivity index (χ4n) is 1.29. The number of halogens is 1. The van der Waals surface area contributed by atoms with Crippen LogP contribution in [-0.4, -0.2) is 35.1 Å². The summed E-state index contributed by atoms with van der Waals surface area (Å²) in [5.41, 5.74) is 0. The molecule has 1 rings (SSSR count). The maximum atomic E-state index is 11.4. The minimum absolute atomic E-state index is 0.116. The number of nitrogens with zero attached hydrogens (tertiary/aromatic N) is 3. The number of carbonyl (C=O) groups excluding carboxylic acids is 1. The molecule has 19 heavy (non-hydrogen) atoms. The predicted octanol–water partition coefficient (Wildman–Crippen LogP) is 0.243. The average Bonchev–Trinajstić information content (AvgIpc) is 2.59. The van der Waals surface area contributed by atoms with Gasteiger partial charge in [-0.25, -0.2) is 8.42 Å². The minimum atomic E-state index is -4.30. The Balaban J connectivity index is 3.06. The zero-order valence-corrected chi connectivity index (χ0v) is 11.6. The van der Waals surface area contributed by atoms with E-state index in [9.17, 15) is 23.3 Å². The van der Waals surface area contributed by atoms with Crippen molar-refractivity contribution >= 4 is 31.5 Å². The number of hydrogen-bond acceptors (Lipinski definition) is 6. The molecule has 9 nitrogen and oxygen atoms in total. The Labute approximate surface area is 113 Å². The first kappa shape index (κ1) is 15.4. The second kappa shape index (κ2) is 5.53. The molecule has 106 valence electrons. The molecule has 0 saturated heterocycles. The van der Waals surface area contributed by atoms with E-state index in [1.807, 2.05) is 0 Å². The Morgan fingerprint density at radius 1 is 1.63 bits per heavy atom. The molecular formula is C8H11ClN4O5S. The molecule has 0 aromatic carbocycles. The molecule has 0 saturated carbocycles. The molecule has 0 spiro atoms. The molecule has 0 radical (unpaired) electrons. The molecule has 0 atom stereocenters. The van der Waals surface area contributed by atoms with E-state index in [2.05, 4.69) is 10.4 Å². The highest BCUT2D eigenvalue weighted by Crippen LogP contribution is 2.24. The van der Waals surface area contributed by atoms with Crippen LogP contribution in [0, 0.1) is 10.1 Å². The lowest BCUT2D eigenvalue weighted by Crippen LogP contribution is -2.33. The standard InChI is InChI=1S/C8H11ClN4O5S/c1-5(2)10-7(14)4-12-3-6(19(9,17)18)8(11-12)13(15)16/h3,5H,4H2,1-2H3,(H,10,14). The topological polar surface area (TPSA) is 124 Å². The van der Waals surface area contributed by atoms with Crippen LogP contribution in [0.25, 0.3) is 0 Å². The molecule has 0 aliphatic heterocycles. The molecular weight excluding hydrogens is 300 g/mol. The quantitative estimate of drug-likeness (QED) is 0.472. The van der Waals surface area contributed by atoms with Gasteiger partial charge in [-0.3, -0.25) is 4.79 Å². The van der Waals surface area contributed by atoms with Gasteiger partial charge in [0, 0.05) is 16.7 Å². The molecule has 0 fully saturated rings. The predicted molar refractivity (Wildman–Crippen MR) is 65.2 cm³/mol. The first-order chi connectivity index (χ1) is 8.61. The van der Waals surface area contributed by atoms with Gasteiger partial charge in [0.25, 0.3) is 9.05 Å². The van der Waals surface area contributed by atoms with Crippen molar-refractivity contribution in [1.29, 1.82) is 0 Å². The van der Waals surface area contributed by atoms with Gasteiger partial charge in [0.2, 0.25) is 10.8 Å². The highest BCUT2D eigenvalue weighted by molar-refractivity contribution is 8.13. The van der Waals surface area contributed by atoms with Crippen molar-refractivity contribution in [3.63, 3.8) is 0 Å². The molecule has 1 aromatic heterocycles. The Morgan fingerprint density at radius 2 is 2.21 bits per heavy atom. The molecule has 0 unspecified atom stereocenters. The summed E-state index contributed by atoms with van der Waals surface area (Å²) in [6.45, 7) is 3.13. The number of aromatic nitrogens is 2. The third-order valence-electron chi connectivity index (χ3n) is 1.90. The van der Waals surface area contributed by atoms with Gasteiger partial charge in [0.1, 0.15) is 6.54 Å². The van der Waals surface area contributed by atoms with E-state index in [1.54, 1.807) is 13.8 Å². The SMILES string of the molecule is CC(C)NC(=O)Cn1cc(S(=O)(=O)Cl)c([N+](=O)[O-])n1. The van der Waals surface area contributed by atoms with Gasteiger partial charge < -0.3 is 15.4 Å². The van der Waals surface area contributed by atoms with Crippen molar-refractivity contribution in [2.24, 2.45) is 0 Å². The van der Waals surface area contributed by atoms with Crippen LogP contribution in [0.4, 0.5) is 5.82 Å². The van der Waals surface area contributed by atoms with Crippen molar-refractivity contribution in [2.75, 3.05) is 0 Å². The van der Waals surface area contributed by atoms with Crippen LogP contribution in [0.2, 0.25) is 0 Å². The maximum absolute atomic E-state index is 11.4. The number of amides is 1. The molecule has 11 heteroatoms. The highest BCUT2D eigenvalue weighted by atomic mass is 35.7. The normalized spacial score (nSPS) is 11.6. The summed E-state index contributed by atoms with van der Waals surface area (Å²) < 4.78 is 23.1. The van der Waals surface area contributed by atoms with E-state index >= 15 is 0 Å². The number of nitro groups is 1. The van der Waals surface area contributed by atoms with Crippen molar-refractivity contribution < 1.29 is 18.1 Å². The summed E-state index contributed by atoms with van der Waals surface area (Å²) in [6.07, 6.45) is 0.848. The summed E-state index contributed by atoms with van der Waals surface area (Å²) >= 11 is 0. The fourth-order valence-corrected chi connectivity index (χ4v) is 2.19. The van der Waals surface area contributed by atoms with E-state index in [0.717, 1.165) is 10.9 Å². The minimum Gasteiger partial charge on any atom is -0.358 e. The smallest absolute Gasteiger partial charge is 0.358 e. The van der Waals surface area contributed by atoms with Crippen LogP contribution in [0.1, 0.15) is 13.8 Å². The van der Waals surface area contributed by atoms with E-state index in [-0.39, 0.29) is 12.6 Å². The summed E-state index contributed by atoms with van der Waals surface area (Å²) in [6, 6.07) is -0.116. The molecule has 0 aliphatic carbocycles. The Hall–Kier alpha value is -1.68. The second-order valence-electron chi connectivity index (χ2n) is 3.93. The molecule has 0 bridgehead atoms. The zero-order chi connectivity index (χ0) is 14.8. The maximum Gasteiger partial charge on any atom is 0.410 e. The third-order valence-corrected chi connectivity index (χ3v) is 3.21. The molecule has 0 aliphatic rings. The summed E-state index contributed by atoms with van der Waals surface area (Å²) in [7, 11) is 0.755. The molecule has 1 amide bonds. The lowest BCUT2D eigenvalue weighted by Gasteiger charge is -2.06. The first-order valence-electron chi connectivity index (χ1n) is 5.07. The van der Waals surface area contributed by atoms with Crippen molar-refractivity contribution in [3.8, 4) is 0 Å². The summed E-state index contributed by atoms with van der Waals surface area (Å²) in [5.74, 6) is -1.36. The number of hydrogen-bond donors (Lipinski definition) is 1. The molecule has 1 heterocycles. The van der Waals surface area contributed by atoms with Gasteiger partial charge in [0.05, 0.1) is 11.3 Å².